The SMILES string of the molecule is COC(=O)C(CCC(F)(F)F)S(=O)(=O)CCC(F)(F)C(F)(F)F. The van der Waals surface area contributed by atoms with Gasteiger partial charge in [0.2, 0.25) is 0 Å². The minimum absolute atomic E-state index is 0.642. The van der Waals surface area contributed by atoms with E-state index in [4.69, 9.17) is 0 Å². The maximum atomic E-state index is 12.7. The van der Waals surface area contributed by atoms with Crippen LogP contribution in [0.4, 0.5) is 35.1 Å². The van der Waals surface area contributed by atoms with Crippen LogP contribution in [0.1, 0.15) is 19.3 Å². The lowest BCUT2D eigenvalue weighted by Gasteiger charge is -2.21. The highest BCUT2D eigenvalue weighted by molar-refractivity contribution is 7.92. The summed E-state index contributed by atoms with van der Waals surface area (Å²) in [4.78, 5) is 11.2. The predicted octanol–water partition coefficient (Wildman–Crippen LogP) is 2.87. The molecular formula is C10H12F8O4S. The average Bonchev–Trinajstić information content (AvgIpc) is 2.33. The zero-order valence-electron chi connectivity index (χ0n) is 11.5. The molecule has 0 N–H and O–H groups in total. The van der Waals surface area contributed by atoms with Crippen LogP contribution in [0.15, 0.2) is 0 Å². The molecule has 4 nitrogen and oxygen atoms in total. The van der Waals surface area contributed by atoms with E-state index in [1.807, 2.05) is 0 Å². The molecule has 138 valence electrons. The number of carbonyl (C=O) groups is 1. The summed E-state index contributed by atoms with van der Waals surface area (Å²) in [6.45, 7) is 0. The van der Waals surface area contributed by atoms with Gasteiger partial charge in [-0.15, -0.1) is 0 Å². The first kappa shape index (κ1) is 21.9. The lowest BCUT2D eigenvalue weighted by atomic mass is 10.2. The lowest BCUT2D eigenvalue weighted by Crippen LogP contribution is -2.41. The van der Waals surface area contributed by atoms with Crippen molar-refractivity contribution in [3.63, 3.8) is 0 Å². The molecule has 0 heterocycles. The van der Waals surface area contributed by atoms with E-state index < -0.39 is 64.3 Å². The number of esters is 1. The number of ether oxygens (including phenoxy) is 1. The Bertz CT molecular complexity index is 508. The predicted molar refractivity (Wildman–Crippen MR) is 60.5 cm³/mol. The monoisotopic (exact) mass is 380 g/mol. The van der Waals surface area contributed by atoms with Gasteiger partial charge in [0, 0.05) is 12.8 Å². The fraction of sp³-hybridized carbons (Fsp3) is 0.900. The number of hydrogen-bond donors (Lipinski definition) is 0. The molecule has 0 aromatic carbocycles. The van der Waals surface area contributed by atoms with E-state index in [2.05, 4.69) is 4.74 Å². The minimum Gasteiger partial charge on any atom is -0.468 e. The molecule has 1 unspecified atom stereocenters. The first-order chi connectivity index (χ1) is 10.0. The van der Waals surface area contributed by atoms with Crippen molar-refractivity contribution in [2.24, 2.45) is 0 Å². The molecule has 13 heteroatoms. The average molecular weight is 380 g/mol. The molecule has 0 aromatic heterocycles. The van der Waals surface area contributed by atoms with Crippen molar-refractivity contribution < 1.29 is 53.1 Å². The Morgan fingerprint density at radius 3 is 1.83 bits per heavy atom. The summed E-state index contributed by atoms with van der Waals surface area (Å²) in [7, 11) is -4.36. The van der Waals surface area contributed by atoms with Gasteiger partial charge >= 0.3 is 24.2 Å². The van der Waals surface area contributed by atoms with E-state index in [1.165, 1.54) is 0 Å². The highest BCUT2D eigenvalue weighted by Crippen LogP contribution is 2.38. The Hall–Kier alpha value is -1.14. The molecule has 1 atom stereocenters. The van der Waals surface area contributed by atoms with Crippen molar-refractivity contribution in [1.82, 2.24) is 0 Å². The van der Waals surface area contributed by atoms with Gasteiger partial charge in [-0.2, -0.15) is 35.1 Å². The lowest BCUT2D eigenvalue weighted by molar-refractivity contribution is -0.282. The second-order valence-corrected chi connectivity index (χ2v) is 6.79. The van der Waals surface area contributed by atoms with Crippen LogP contribution in [0.25, 0.3) is 0 Å². The quantitative estimate of drug-likeness (QED) is 0.504. The van der Waals surface area contributed by atoms with Gasteiger partial charge in [0.1, 0.15) is 0 Å². The van der Waals surface area contributed by atoms with Gasteiger partial charge in [-0.25, -0.2) is 8.42 Å². The van der Waals surface area contributed by atoms with Gasteiger partial charge in [0.05, 0.1) is 12.9 Å². The van der Waals surface area contributed by atoms with Crippen LogP contribution in [0.2, 0.25) is 0 Å². The number of rotatable bonds is 7. The fourth-order valence-electron chi connectivity index (χ4n) is 1.42. The van der Waals surface area contributed by atoms with Crippen LogP contribution in [-0.2, 0) is 19.4 Å². The standard InChI is InChI=1S/C10H12F8O4S/c1-22-7(19)6(2-3-9(13,14)15)23(20,21)5-4-8(11,12)10(16,17)18/h6H,2-5H2,1H3. The normalized spacial score (nSPS) is 15.3. The third-order valence-corrected chi connectivity index (χ3v) is 4.77. The van der Waals surface area contributed by atoms with Crippen LogP contribution in [-0.4, -0.2) is 50.8 Å². The molecule has 0 amide bonds. The van der Waals surface area contributed by atoms with Crippen molar-refractivity contribution >= 4 is 15.8 Å². The zero-order chi connectivity index (χ0) is 18.7. The molecule has 0 saturated heterocycles. The van der Waals surface area contributed by atoms with Gasteiger partial charge in [-0.1, -0.05) is 0 Å². The Balaban J connectivity index is 5.19. The van der Waals surface area contributed by atoms with E-state index >= 15 is 0 Å². The molecule has 0 fully saturated rings. The molecule has 0 rings (SSSR count). The Morgan fingerprint density at radius 1 is 1.00 bits per heavy atom. The molecule has 23 heavy (non-hydrogen) atoms. The summed E-state index contributed by atoms with van der Waals surface area (Å²) in [5, 5.41) is -2.47. The highest BCUT2D eigenvalue weighted by Gasteiger charge is 2.57. The first-order valence-electron chi connectivity index (χ1n) is 5.84. The summed E-state index contributed by atoms with van der Waals surface area (Å²) in [5.41, 5.74) is 0. The van der Waals surface area contributed by atoms with Crippen LogP contribution >= 0.6 is 0 Å². The third kappa shape index (κ3) is 6.87. The van der Waals surface area contributed by atoms with Gasteiger partial charge in [0.25, 0.3) is 0 Å². The molecule has 0 bridgehead atoms. The van der Waals surface area contributed by atoms with E-state index in [0.29, 0.717) is 7.11 Å². The second-order valence-electron chi connectivity index (χ2n) is 4.48. The minimum atomic E-state index is -6.02. The Labute approximate surface area is 125 Å². The molecule has 0 spiro atoms. The van der Waals surface area contributed by atoms with Crippen molar-refractivity contribution in [3.05, 3.63) is 0 Å². The van der Waals surface area contributed by atoms with E-state index in [1.54, 1.807) is 0 Å². The summed E-state index contributed by atoms with van der Waals surface area (Å²) < 4.78 is 125. The smallest absolute Gasteiger partial charge is 0.453 e. The highest BCUT2D eigenvalue weighted by atomic mass is 32.2. The maximum Gasteiger partial charge on any atom is 0.453 e. The number of alkyl halides is 8. The molecule has 0 aliphatic heterocycles. The van der Waals surface area contributed by atoms with Gasteiger partial charge in [-0.3, -0.25) is 4.79 Å². The largest absolute Gasteiger partial charge is 0.468 e. The Morgan fingerprint density at radius 2 is 1.48 bits per heavy atom. The van der Waals surface area contributed by atoms with Crippen LogP contribution < -0.4 is 0 Å². The number of methoxy groups -OCH3 is 1. The first-order valence-corrected chi connectivity index (χ1v) is 7.56. The van der Waals surface area contributed by atoms with Crippen molar-refractivity contribution in [3.8, 4) is 0 Å². The fourth-order valence-corrected chi connectivity index (χ4v) is 3.12. The van der Waals surface area contributed by atoms with Crippen LogP contribution in [0, 0.1) is 0 Å². The molecule has 0 aromatic rings. The van der Waals surface area contributed by atoms with E-state index in [9.17, 15) is 48.3 Å². The van der Waals surface area contributed by atoms with E-state index in [0.717, 1.165) is 0 Å². The van der Waals surface area contributed by atoms with Crippen molar-refractivity contribution in [2.75, 3.05) is 12.9 Å². The van der Waals surface area contributed by atoms with Crippen LogP contribution in [0.5, 0.6) is 0 Å². The molecule has 0 aliphatic rings. The molecule has 0 aliphatic carbocycles. The summed E-state index contributed by atoms with van der Waals surface area (Å²) in [6.07, 6.45) is -16.2. The number of sulfone groups is 1. The Kier molecular flexibility index (Phi) is 6.82. The zero-order valence-corrected chi connectivity index (χ0v) is 12.3. The summed E-state index contributed by atoms with van der Waals surface area (Å²) in [5.74, 6) is -8.84. The van der Waals surface area contributed by atoms with Crippen molar-refractivity contribution in [1.29, 1.82) is 0 Å². The molecular weight excluding hydrogens is 368 g/mol. The number of halogens is 8. The third-order valence-electron chi connectivity index (χ3n) is 2.70. The number of hydrogen-bond acceptors (Lipinski definition) is 4. The van der Waals surface area contributed by atoms with Gasteiger partial charge in [0.15, 0.2) is 15.1 Å². The maximum absolute atomic E-state index is 12.7. The van der Waals surface area contributed by atoms with Crippen LogP contribution in [0.3, 0.4) is 0 Å². The molecule has 0 saturated carbocycles. The summed E-state index contributed by atoms with van der Waals surface area (Å²) >= 11 is 0. The van der Waals surface area contributed by atoms with Gasteiger partial charge in [-0.05, 0) is 6.42 Å². The molecule has 0 radical (unpaired) electrons. The van der Waals surface area contributed by atoms with Crippen molar-refractivity contribution in [2.45, 2.75) is 42.8 Å². The number of carbonyl (C=O) groups excluding carboxylic acids is 1. The summed E-state index contributed by atoms with van der Waals surface area (Å²) in [6, 6.07) is 0. The van der Waals surface area contributed by atoms with E-state index in [-0.39, 0.29) is 0 Å². The van der Waals surface area contributed by atoms with Gasteiger partial charge < -0.3 is 4.74 Å². The second kappa shape index (κ2) is 7.18. The topological polar surface area (TPSA) is 60.4 Å².